The number of rotatable bonds is 3. The van der Waals surface area contributed by atoms with Crippen LogP contribution in [-0.2, 0) is 9.84 Å². The maximum atomic E-state index is 11.5. The Labute approximate surface area is 134 Å². The monoisotopic (exact) mass is 334 g/mol. The molecule has 0 aliphatic carbocycles. The van der Waals surface area contributed by atoms with E-state index in [0.29, 0.717) is 9.92 Å². The molecule has 2 aromatic rings. The Hall–Kier alpha value is -1.85. The van der Waals surface area contributed by atoms with Crippen molar-refractivity contribution in [3.8, 4) is 0 Å². The molecular formula is C16H15ClN2O2S. The third-order valence-corrected chi connectivity index (χ3v) is 4.92. The predicted octanol–water partition coefficient (Wildman–Crippen LogP) is 3.36. The highest BCUT2D eigenvalue weighted by Crippen LogP contribution is 2.23. The van der Waals surface area contributed by atoms with Crippen molar-refractivity contribution in [3.63, 3.8) is 0 Å². The van der Waals surface area contributed by atoms with Gasteiger partial charge in [-0.3, -0.25) is 5.01 Å². The second-order valence-electron chi connectivity index (χ2n) is 5.19. The molecule has 2 aromatic carbocycles. The molecule has 0 spiro atoms. The van der Waals surface area contributed by atoms with Crippen LogP contribution >= 0.6 is 11.6 Å². The van der Waals surface area contributed by atoms with Gasteiger partial charge < -0.3 is 0 Å². The number of hydrogen-bond donors (Lipinski definition) is 0. The van der Waals surface area contributed by atoms with Crippen molar-refractivity contribution in [1.82, 2.24) is 0 Å². The SMILES string of the molecule is CS(=O)(=O)c1ccc(N2CCC(c3ccc(Cl)cc3)=N2)cc1. The average Bonchev–Trinajstić information content (AvgIpc) is 2.97. The molecule has 3 rings (SSSR count). The zero-order valence-corrected chi connectivity index (χ0v) is 13.6. The Kier molecular flexibility index (Phi) is 3.93. The summed E-state index contributed by atoms with van der Waals surface area (Å²) in [6, 6.07) is 14.4. The van der Waals surface area contributed by atoms with Crippen molar-refractivity contribution >= 4 is 32.8 Å². The van der Waals surface area contributed by atoms with Crippen LogP contribution in [0.25, 0.3) is 0 Å². The highest BCUT2D eigenvalue weighted by Gasteiger charge is 2.17. The molecule has 0 atom stereocenters. The molecule has 0 N–H and O–H groups in total. The number of nitrogens with zero attached hydrogens (tertiary/aromatic N) is 2. The van der Waals surface area contributed by atoms with E-state index in [2.05, 4.69) is 5.10 Å². The Morgan fingerprint density at radius 2 is 1.68 bits per heavy atom. The van der Waals surface area contributed by atoms with Gasteiger partial charge in [0, 0.05) is 24.2 Å². The lowest BCUT2D eigenvalue weighted by molar-refractivity contribution is 0.602. The normalized spacial score (nSPS) is 15.0. The molecule has 0 radical (unpaired) electrons. The lowest BCUT2D eigenvalue weighted by atomic mass is 10.1. The second-order valence-corrected chi connectivity index (χ2v) is 7.64. The first kappa shape index (κ1) is 15.1. The highest BCUT2D eigenvalue weighted by molar-refractivity contribution is 7.90. The van der Waals surface area contributed by atoms with Crippen LogP contribution in [0.1, 0.15) is 12.0 Å². The van der Waals surface area contributed by atoms with Gasteiger partial charge >= 0.3 is 0 Å². The fourth-order valence-electron chi connectivity index (χ4n) is 2.35. The molecular weight excluding hydrogens is 320 g/mol. The molecule has 0 saturated carbocycles. The molecule has 0 amide bonds. The van der Waals surface area contributed by atoms with E-state index < -0.39 is 9.84 Å². The lowest BCUT2D eigenvalue weighted by Crippen LogP contribution is -2.11. The van der Waals surface area contributed by atoms with E-state index >= 15 is 0 Å². The second kappa shape index (κ2) is 5.74. The molecule has 0 aromatic heterocycles. The summed E-state index contributed by atoms with van der Waals surface area (Å²) in [5.41, 5.74) is 2.94. The van der Waals surface area contributed by atoms with E-state index in [-0.39, 0.29) is 0 Å². The maximum Gasteiger partial charge on any atom is 0.175 e. The third kappa shape index (κ3) is 3.15. The first-order chi connectivity index (χ1) is 10.4. The molecule has 1 aliphatic heterocycles. The Morgan fingerprint density at radius 1 is 1.05 bits per heavy atom. The van der Waals surface area contributed by atoms with Crippen molar-refractivity contribution in [2.45, 2.75) is 11.3 Å². The van der Waals surface area contributed by atoms with Gasteiger partial charge in [-0.1, -0.05) is 23.7 Å². The topological polar surface area (TPSA) is 49.7 Å². The molecule has 0 unspecified atom stereocenters. The number of hydrogen-bond acceptors (Lipinski definition) is 4. The van der Waals surface area contributed by atoms with Crippen molar-refractivity contribution in [2.75, 3.05) is 17.8 Å². The van der Waals surface area contributed by atoms with Gasteiger partial charge in [-0.2, -0.15) is 5.10 Å². The minimum Gasteiger partial charge on any atom is -0.265 e. The Balaban J connectivity index is 1.83. The summed E-state index contributed by atoms with van der Waals surface area (Å²) in [5.74, 6) is 0. The van der Waals surface area contributed by atoms with E-state index in [1.54, 1.807) is 24.3 Å². The minimum atomic E-state index is -3.17. The summed E-state index contributed by atoms with van der Waals surface area (Å²) in [4.78, 5) is 0.317. The summed E-state index contributed by atoms with van der Waals surface area (Å²) in [6.45, 7) is 0.774. The average molecular weight is 335 g/mol. The van der Waals surface area contributed by atoms with E-state index in [4.69, 9.17) is 11.6 Å². The van der Waals surface area contributed by atoms with Crippen LogP contribution in [0, 0.1) is 0 Å². The fraction of sp³-hybridized carbons (Fsp3) is 0.188. The zero-order chi connectivity index (χ0) is 15.7. The van der Waals surface area contributed by atoms with E-state index in [9.17, 15) is 8.42 Å². The van der Waals surface area contributed by atoms with E-state index in [1.807, 2.05) is 29.3 Å². The van der Waals surface area contributed by atoms with Gasteiger partial charge in [-0.05, 0) is 42.0 Å². The van der Waals surface area contributed by atoms with Crippen LogP contribution < -0.4 is 5.01 Å². The van der Waals surface area contributed by atoms with Crippen molar-refractivity contribution in [3.05, 3.63) is 59.1 Å². The summed E-state index contributed by atoms with van der Waals surface area (Å²) >= 11 is 5.90. The van der Waals surface area contributed by atoms with Gasteiger partial charge in [0.15, 0.2) is 9.84 Å². The van der Waals surface area contributed by atoms with Crippen LogP contribution in [0.15, 0.2) is 58.5 Å². The van der Waals surface area contributed by atoms with Gasteiger partial charge in [-0.15, -0.1) is 0 Å². The standard InChI is InChI=1S/C16H15ClN2O2S/c1-22(20,21)15-8-6-14(7-9-15)19-11-10-16(18-19)12-2-4-13(17)5-3-12/h2-9H,10-11H2,1H3. The van der Waals surface area contributed by atoms with Crippen LogP contribution in [0.5, 0.6) is 0 Å². The molecule has 4 nitrogen and oxygen atoms in total. The zero-order valence-electron chi connectivity index (χ0n) is 12.0. The first-order valence-electron chi connectivity index (χ1n) is 6.84. The maximum absolute atomic E-state index is 11.5. The van der Waals surface area contributed by atoms with Crippen molar-refractivity contribution in [1.29, 1.82) is 0 Å². The first-order valence-corrected chi connectivity index (χ1v) is 9.11. The van der Waals surface area contributed by atoms with Crippen LogP contribution in [-0.4, -0.2) is 26.9 Å². The molecule has 22 heavy (non-hydrogen) atoms. The number of anilines is 1. The minimum absolute atomic E-state index is 0.317. The molecule has 0 fully saturated rings. The van der Waals surface area contributed by atoms with Gasteiger partial charge in [0.1, 0.15) is 0 Å². The molecule has 114 valence electrons. The smallest absolute Gasteiger partial charge is 0.175 e. The lowest BCUT2D eigenvalue weighted by Gasteiger charge is -2.13. The van der Waals surface area contributed by atoms with Crippen LogP contribution in [0.3, 0.4) is 0 Å². The van der Waals surface area contributed by atoms with Gasteiger partial charge in [0.25, 0.3) is 0 Å². The van der Waals surface area contributed by atoms with E-state index in [0.717, 1.165) is 29.9 Å². The predicted molar refractivity (Wildman–Crippen MR) is 89.5 cm³/mol. The molecule has 1 aliphatic rings. The summed E-state index contributed by atoms with van der Waals surface area (Å²) < 4.78 is 23.0. The van der Waals surface area contributed by atoms with Crippen LogP contribution in [0.4, 0.5) is 5.69 Å². The highest BCUT2D eigenvalue weighted by atomic mass is 35.5. The third-order valence-electron chi connectivity index (χ3n) is 3.54. The molecule has 6 heteroatoms. The Morgan fingerprint density at radius 3 is 2.27 bits per heavy atom. The van der Waals surface area contributed by atoms with Crippen molar-refractivity contribution < 1.29 is 8.42 Å². The quantitative estimate of drug-likeness (QED) is 0.864. The largest absolute Gasteiger partial charge is 0.265 e. The number of sulfone groups is 1. The molecule has 1 heterocycles. The number of benzene rings is 2. The number of halogens is 1. The molecule has 0 saturated heterocycles. The van der Waals surface area contributed by atoms with Crippen LogP contribution in [0.2, 0.25) is 5.02 Å². The molecule has 0 bridgehead atoms. The summed E-state index contributed by atoms with van der Waals surface area (Å²) in [7, 11) is -3.17. The van der Waals surface area contributed by atoms with Crippen molar-refractivity contribution in [2.24, 2.45) is 5.10 Å². The number of hydrazone groups is 1. The Bertz CT molecular complexity index is 812. The van der Waals surface area contributed by atoms with Gasteiger partial charge in [0.05, 0.1) is 16.3 Å². The fourth-order valence-corrected chi connectivity index (χ4v) is 3.11. The summed E-state index contributed by atoms with van der Waals surface area (Å²) in [5, 5.41) is 7.20. The van der Waals surface area contributed by atoms with Gasteiger partial charge in [0.2, 0.25) is 0 Å². The van der Waals surface area contributed by atoms with E-state index in [1.165, 1.54) is 6.26 Å². The van der Waals surface area contributed by atoms with Gasteiger partial charge in [-0.25, -0.2) is 8.42 Å². The summed E-state index contributed by atoms with van der Waals surface area (Å²) in [6.07, 6.45) is 2.05.